The summed E-state index contributed by atoms with van der Waals surface area (Å²) >= 11 is 6.44. The van der Waals surface area contributed by atoms with Crippen LogP contribution in [0.3, 0.4) is 0 Å². The molecule has 0 radical (unpaired) electrons. The Balaban J connectivity index is 1.56. The minimum absolute atomic E-state index is 0.145. The van der Waals surface area contributed by atoms with E-state index < -0.39 is 0 Å². The minimum Gasteiger partial charge on any atom is -0.272 e. The van der Waals surface area contributed by atoms with Gasteiger partial charge in [0.15, 0.2) is 4.34 Å². The molecule has 0 atom stereocenters. The zero-order valence-electron chi connectivity index (χ0n) is 12.8. The summed E-state index contributed by atoms with van der Waals surface area (Å²) in [6, 6.07) is 15.7. The third-order valence-corrected chi connectivity index (χ3v) is 5.86. The van der Waals surface area contributed by atoms with Gasteiger partial charge >= 0.3 is 0 Å². The summed E-state index contributed by atoms with van der Waals surface area (Å²) in [6.07, 6.45) is 0. The number of carbonyl (C=O) groups excluding carboxylic acids is 1. The Morgan fingerprint density at radius 3 is 2.92 bits per heavy atom. The van der Waals surface area contributed by atoms with Crippen LogP contribution in [-0.2, 0) is 4.79 Å². The monoisotopic (exact) mass is 419 g/mol. The molecule has 4 nitrogen and oxygen atoms in total. The van der Waals surface area contributed by atoms with Gasteiger partial charge in [0.05, 0.1) is 21.7 Å². The number of aromatic nitrogens is 1. The molecule has 1 N–H and O–H groups in total. The number of nitrogens with zero attached hydrogens (tertiary/aromatic N) is 2. The molecule has 0 bridgehead atoms. The molecule has 0 aliphatic rings. The third kappa shape index (κ3) is 4.43. The zero-order chi connectivity index (χ0) is 16.9. The fourth-order valence-corrected chi connectivity index (χ4v) is 4.26. The van der Waals surface area contributed by atoms with E-state index in [0.717, 1.165) is 30.3 Å². The van der Waals surface area contributed by atoms with Gasteiger partial charge in [-0.15, -0.1) is 11.3 Å². The quantitative estimate of drug-likeness (QED) is 0.370. The summed E-state index contributed by atoms with van der Waals surface area (Å²) < 4.78 is 3.00. The fourth-order valence-electron chi connectivity index (χ4n) is 2.00. The first-order valence-electron chi connectivity index (χ1n) is 7.19. The number of fused-ring (bicyclic) bond motifs is 1. The number of rotatable bonds is 5. The maximum absolute atomic E-state index is 12.0. The summed E-state index contributed by atoms with van der Waals surface area (Å²) in [6.45, 7) is 1.86. The molecule has 1 heterocycles. The van der Waals surface area contributed by atoms with Crippen LogP contribution >= 0.6 is 39.0 Å². The topological polar surface area (TPSA) is 54.4 Å². The molecule has 0 aliphatic carbocycles. The first-order chi connectivity index (χ1) is 11.6. The summed E-state index contributed by atoms with van der Waals surface area (Å²) in [5.74, 6) is 0.142. The average Bonchev–Trinajstić information content (AvgIpc) is 3.00. The van der Waals surface area contributed by atoms with E-state index in [1.807, 2.05) is 55.5 Å². The number of amides is 1. The van der Waals surface area contributed by atoms with Gasteiger partial charge in [0.2, 0.25) is 0 Å². The van der Waals surface area contributed by atoms with Crippen molar-refractivity contribution in [1.82, 2.24) is 10.4 Å². The minimum atomic E-state index is -0.145. The molecule has 0 unspecified atom stereocenters. The molecule has 0 saturated heterocycles. The smallest absolute Gasteiger partial charge is 0.250 e. The van der Waals surface area contributed by atoms with Crippen LogP contribution in [0.2, 0.25) is 0 Å². The molecule has 0 aliphatic heterocycles. The molecule has 24 heavy (non-hydrogen) atoms. The van der Waals surface area contributed by atoms with Crippen LogP contribution in [0.1, 0.15) is 12.5 Å². The molecule has 0 saturated carbocycles. The van der Waals surface area contributed by atoms with Gasteiger partial charge in [-0.25, -0.2) is 10.4 Å². The van der Waals surface area contributed by atoms with Crippen molar-refractivity contribution < 1.29 is 4.79 Å². The van der Waals surface area contributed by atoms with Crippen LogP contribution in [0.4, 0.5) is 0 Å². The van der Waals surface area contributed by atoms with Crippen molar-refractivity contribution in [2.45, 2.75) is 11.3 Å². The summed E-state index contributed by atoms with van der Waals surface area (Å²) in [4.78, 5) is 16.5. The van der Waals surface area contributed by atoms with Crippen molar-refractivity contribution in [1.29, 1.82) is 0 Å². The van der Waals surface area contributed by atoms with E-state index in [-0.39, 0.29) is 11.7 Å². The molecular formula is C17H14BrN3OS2. The largest absolute Gasteiger partial charge is 0.272 e. The van der Waals surface area contributed by atoms with Gasteiger partial charge in [0.1, 0.15) is 0 Å². The highest BCUT2D eigenvalue weighted by Gasteiger charge is 2.07. The number of para-hydroxylation sites is 1. The number of hydrogen-bond acceptors (Lipinski definition) is 5. The standard InChI is InChI=1S/C17H14BrN3OS2/c1-11(12-5-4-6-13(18)9-12)20-21-16(22)10-23-17-19-14-7-2-3-8-15(14)24-17/h2-9H,10H2,1H3,(H,21,22). The van der Waals surface area contributed by atoms with Crippen molar-refractivity contribution in [3.63, 3.8) is 0 Å². The average molecular weight is 420 g/mol. The van der Waals surface area contributed by atoms with Gasteiger partial charge in [-0.2, -0.15) is 5.10 Å². The maximum Gasteiger partial charge on any atom is 0.250 e. The lowest BCUT2D eigenvalue weighted by molar-refractivity contribution is -0.118. The van der Waals surface area contributed by atoms with Gasteiger partial charge in [0, 0.05) is 4.47 Å². The Morgan fingerprint density at radius 1 is 1.29 bits per heavy atom. The summed E-state index contributed by atoms with van der Waals surface area (Å²) in [5.41, 5.74) is 5.28. The predicted molar refractivity (Wildman–Crippen MR) is 105 cm³/mol. The highest BCUT2D eigenvalue weighted by Crippen LogP contribution is 2.28. The molecule has 0 spiro atoms. The Hall–Kier alpha value is -1.70. The lowest BCUT2D eigenvalue weighted by atomic mass is 10.1. The molecule has 7 heteroatoms. The van der Waals surface area contributed by atoms with Crippen molar-refractivity contribution in [2.75, 3.05) is 5.75 Å². The van der Waals surface area contributed by atoms with Crippen molar-refractivity contribution in [3.05, 3.63) is 58.6 Å². The number of benzene rings is 2. The van der Waals surface area contributed by atoms with Gasteiger partial charge in [-0.1, -0.05) is 52.0 Å². The molecule has 1 aromatic heterocycles. The second-order valence-corrected chi connectivity index (χ2v) is 8.15. The lowest BCUT2D eigenvalue weighted by Crippen LogP contribution is -2.21. The number of hydrazone groups is 1. The van der Waals surface area contributed by atoms with E-state index >= 15 is 0 Å². The zero-order valence-corrected chi connectivity index (χ0v) is 16.0. The van der Waals surface area contributed by atoms with E-state index in [9.17, 15) is 4.79 Å². The number of thiazole rings is 1. The first kappa shape index (κ1) is 17.1. The molecular weight excluding hydrogens is 406 g/mol. The third-order valence-electron chi connectivity index (χ3n) is 3.19. The van der Waals surface area contributed by atoms with Crippen molar-refractivity contribution in [3.8, 4) is 0 Å². The predicted octanol–water partition coefficient (Wildman–Crippen LogP) is 4.69. The van der Waals surface area contributed by atoms with Crippen molar-refractivity contribution in [2.24, 2.45) is 5.10 Å². The number of nitrogens with one attached hydrogen (secondary N) is 1. The summed E-state index contributed by atoms with van der Waals surface area (Å²) in [5, 5.41) is 4.16. The molecule has 3 aromatic rings. The van der Waals surface area contributed by atoms with Crippen LogP contribution in [0.15, 0.2) is 62.4 Å². The Morgan fingerprint density at radius 2 is 2.12 bits per heavy atom. The molecule has 2 aromatic carbocycles. The van der Waals surface area contributed by atoms with Crippen LogP contribution in [0, 0.1) is 0 Å². The van der Waals surface area contributed by atoms with Gasteiger partial charge in [-0.05, 0) is 36.8 Å². The molecule has 3 rings (SSSR count). The molecule has 122 valence electrons. The first-order valence-corrected chi connectivity index (χ1v) is 9.79. The van der Waals surface area contributed by atoms with E-state index in [1.165, 1.54) is 11.8 Å². The van der Waals surface area contributed by atoms with Crippen LogP contribution in [0.25, 0.3) is 10.2 Å². The number of thioether (sulfide) groups is 1. The van der Waals surface area contributed by atoms with E-state index in [0.29, 0.717) is 0 Å². The normalized spacial score (nSPS) is 11.7. The Labute approximate surface area is 156 Å². The Kier molecular flexibility index (Phi) is 5.65. The van der Waals surface area contributed by atoms with Crippen LogP contribution < -0.4 is 5.43 Å². The Bertz CT molecular complexity index is 874. The highest BCUT2D eigenvalue weighted by atomic mass is 79.9. The molecule has 1 amide bonds. The second kappa shape index (κ2) is 7.92. The van der Waals surface area contributed by atoms with Gasteiger partial charge in [0.25, 0.3) is 5.91 Å². The molecule has 0 fully saturated rings. The van der Waals surface area contributed by atoms with Crippen LogP contribution in [-0.4, -0.2) is 22.4 Å². The SMILES string of the molecule is CC(=NNC(=O)CSc1nc2ccccc2s1)c1cccc(Br)c1. The fraction of sp³-hybridized carbons (Fsp3) is 0.118. The number of halogens is 1. The van der Waals surface area contributed by atoms with E-state index in [1.54, 1.807) is 11.3 Å². The number of carbonyl (C=O) groups is 1. The van der Waals surface area contributed by atoms with E-state index in [2.05, 4.69) is 31.4 Å². The van der Waals surface area contributed by atoms with Gasteiger partial charge < -0.3 is 0 Å². The maximum atomic E-state index is 12.0. The van der Waals surface area contributed by atoms with Gasteiger partial charge in [-0.3, -0.25) is 4.79 Å². The van der Waals surface area contributed by atoms with Crippen LogP contribution in [0.5, 0.6) is 0 Å². The highest BCUT2D eigenvalue weighted by molar-refractivity contribution is 9.10. The van der Waals surface area contributed by atoms with E-state index in [4.69, 9.17) is 0 Å². The van der Waals surface area contributed by atoms with Crippen molar-refractivity contribution >= 4 is 60.9 Å². The summed E-state index contributed by atoms with van der Waals surface area (Å²) in [7, 11) is 0. The lowest BCUT2D eigenvalue weighted by Gasteiger charge is -2.03. The number of hydrogen-bond donors (Lipinski definition) is 1. The second-order valence-electron chi connectivity index (χ2n) is 4.98.